The van der Waals surface area contributed by atoms with Gasteiger partial charge in [-0.1, -0.05) is 13.8 Å². The van der Waals surface area contributed by atoms with E-state index in [1.165, 1.54) is 0 Å². The molecule has 0 bridgehead atoms. The van der Waals surface area contributed by atoms with Crippen molar-refractivity contribution in [3.8, 4) is 0 Å². The maximum Gasteiger partial charge on any atom is 0.307 e. The highest BCUT2D eigenvalue weighted by molar-refractivity contribution is 9.10. The quantitative estimate of drug-likeness (QED) is 0.883. The summed E-state index contributed by atoms with van der Waals surface area (Å²) in [5.41, 5.74) is -0.873. The van der Waals surface area contributed by atoms with Crippen molar-refractivity contribution in [3.63, 3.8) is 0 Å². The fourth-order valence-corrected chi connectivity index (χ4v) is 2.96. The molecular weight excluding hydrogens is 336 g/mol. The van der Waals surface area contributed by atoms with E-state index in [0.29, 0.717) is 6.07 Å². The van der Waals surface area contributed by atoms with Crippen LogP contribution in [0.5, 0.6) is 0 Å². The van der Waals surface area contributed by atoms with E-state index in [1.807, 2.05) is 0 Å². The Balaban J connectivity index is 2.20. The fraction of sp³-hybridized carbons (Fsp3) is 0.385. The Bertz CT molecular complexity index is 580. The molecule has 2 N–H and O–H groups in total. The molecule has 2 rings (SSSR count). The third-order valence-electron chi connectivity index (χ3n) is 3.63. The molecule has 0 spiro atoms. The number of carbonyl (C=O) groups is 2. The van der Waals surface area contributed by atoms with Gasteiger partial charge in [0.25, 0.3) is 0 Å². The van der Waals surface area contributed by atoms with E-state index in [-0.39, 0.29) is 10.2 Å². The molecule has 1 aliphatic carbocycles. The van der Waals surface area contributed by atoms with Crippen LogP contribution < -0.4 is 5.32 Å². The van der Waals surface area contributed by atoms with Crippen molar-refractivity contribution >= 4 is 33.5 Å². The van der Waals surface area contributed by atoms with Gasteiger partial charge in [0, 0.05) is 10.5 Å². The van der Waals surface area contributed by atoms with Crippen LogP contribution in [0.25, 0.3) is 0 Å². The lowest BCUT2D eigenvalue weighted by Gasteiger charge is -2.09. The highest BCUT2D eigenvalue weighted by atomic mass is 79.9. The van der Waals surface area contributed by atoms with E-state index in [9.17, 15) is 18.4 Å². The summed E-state index contributed by atoms with van der Waals surface area (Å²) >= 11 is 2.96. The van der Waals surface area contributed by atoms with Crippen molar-refractivity contribution in [3.05, 3.63) is 28.2 Å². The van der Waals surface area contributed by atoms with E-state index in [2.05, 4.69) is 21.2 Å². The molecule has 0 unspecified atom stereocenters. The van der Waals surface area contributed by atoms with Crippen LogP contribution in [0.3, 0.4) is 0 Å². The summed E-state index contributed by atoms with van der Waals surface area (Å²) in [6, 6.07) is 1.67. The van der Waals surface area contributed by atoms with Gasteiger partial charge in [0.15, 0.2) is 5.82 Å². The lowest BCUT2D eigenvalue weighted by Crippen LogP contribution is -2.19. The van der Waals surface area contributed by atoms with Crippen molar-refractivity contribution in [2.75, 3.05) is 5.32 Å². The number of carboxylic acid groups (broad SMARTS) is 1. The van der Waals surface area contributed by atoms with Gasteiger partial charge in [-0.3, -0.25) is 9.59 Å². The first-order chi connectivity index (χ1) is 9.16. The number of hydrogen-bond donors (Lipinski definition) is 2. The molecule has 1 saturated carbocycles. The second kappa shape index (κ2) is 4.80. The maximum absolute atomic E-state index is 13.6. The molecule has 1 fully saturated rings. The highest BCUT2D eigenvalue weighted by Gasteiger charge is 2.65. The second-order valence-corrected chi connectivity index (χ2v) is 6.20. The van der Waals surface area contributed by atoms with Gasteiger partial charge in [-0.2, -0.15) is 0 Å². The molecule has 1 aromatic rings. The summed E-state index contributed by atoms with van der Waals surface area (Å²) < 4.78 is 26.6. The summed E-state index contributed by atoms with van der Waals surface area (Å²) in [4.78, 5) is 23.0. The first kappa shape index (κ1) is 14.9. The minimum atomic E-state index is -1.06. The van der Waals surface area contributed by atoms with Gasteiger partial charge in [0.05, 0.1) is 17.5 Å². The van der Waals surface area contributed by atoms with Gasteiger partial charge in [-0.05, 0) is 27.4 Å². The Morgan fingerprint density at radius 2 is 1.90 bits per heavy atom. The maximum atomic E-state index is 13.6. The van der Waals surface area contributed by atoms with Crippen LogP contribution in [0, 0.1) is 28.9 Å². The van der Waals surface area contributed by atoms with Gasteiger partial charge < -0.3 is 10.4 Å². The summed E-state index contributed by atoms with van der Waals surface area (Å²) in [5.74, 6) is -4.89. The van der Waals surface area contributed by atoms with E-state index in [0.717, 1.165) is 6.07 Å². The number of carboxylic acids is 1. The Kier molecular flexibility index (Phi) is 3.58. The number of aliphatic carboxylic acids is 1. The smallest absolute Gasteiger partial charge is 0.307 e. The summed E-state index contributed by atoms with van der Waals surface area (Å²) in [6.45, 7) is 3.32. The van der Waals surface area contributed by atoms with E-state index >= 15 is 0 Å². The van der Waals surface area contributed by atoms with E-state index in [1.54, 1.807) is 13.8 Å². The number of nitrogens with one attached hydrogen (secondary N) is 1. The van der Waals surface area contributed by atoms with Crippen molar-refractivity contribution in [1.82, 2.24) is 0 Å². The molecule has 1 amide bonds. The van der Waals surface area contributed by atoms with Gasteiger partial charge in [0.1, 0.15) is 5.82 Å². The average Bonchev–Trinajstić information content (AvgIpc) is 2.86. The van der Waals surface area contributed by atoms with Crippen LogP contribution in [-0.4, -0.2) is 17.0 Å². The zero-order valence-corrected chi connectivity index (χ0v) is 12.3. The summed E-state index contributed by atoms with van der Waals surface area (Å²) in [5, 5.41) is 11.3. The van der Waals surface area contributed by atoms with E-state index in [4.69, 9.17) is 5.11 Å². The topological polar surface area (TPSA) is 66.4 Å². The molecule has 20 heavy (non-hydrogen) atoms. The zero-order chi connectivity index (χ0) is 15.2. The molecular formula is C13H12BrF2NO3. The predicted molar refractivity (Wildman–Crippen MR) is 71.1 cm³/mol. The van der Waals surface area contributed by atoms with Crippen LogP contribution >= 0.6 is 15.9 Å². The zero-order valence-electron chi connectivity index (χ0n) is 10.7. The minimum Gasteiger partial charge on any atom is -0.481 e. The average molecular weight is 348 g/mol. The van der Waals surface area contributed by atoms with Crippen LogP contribution in [-0.2, 0) is 9.59 Å². The number of anilines is 1. The van der Waals surface area contributed by atoms with Gasteiger partial charge in [-0.15, -0.1) is 0 Å². The first-order valence-corrected chi connectivity index (χ1v) is 6.63. The van der Waals surface area contributed by atoms with Gasteiger partial charge in [0.2, 0.25) is 5.91 Å². The molecule has 4 nitrogen and oxygen atoms in total. The molecule has 0 saturated heterocycles. The number of rotatable bonds is 3. The molecule has 108 valence electrons. The monoisotopic (exact) mass is 347 g/mol. The Morgan fingerprint density at radius 1 is 1.30 bits per heavy atom. The molecule has 1 aromatic carbocycles. The van der Waals surface area contributed by atoms with Crippen molar-refractivity contribution < 1.29 is 23.5 Å². The van der Waals surface area contributed by atoms with Crippen molar-refractivity contribution in [2.24, 2.45) is 17.3 Å². The number of benzene rings is 1. The summed E-state index contributed by atoms with van der Waals surface area (Å²) in [6.07, 6.45) is 0. The normalized spacial score (nSPS) is 23.2. The number of carbonyl (C=O) groups excluding carboxylic acids is 1. The minimum absolute atomic E-state index is 0.0636. The van der Waals surface area contributed by atoms with Gasteiger partial charge in [-0.25, -0.2) is 8.78 Å². The number of amides is 1. The number of hydrogen-bond acceptors (Lipinski definition) is 2. The second-order valence-electron chi connectivity index (χ2n) is 5.35. The lowest BCUT2D eigenvalue weighted by molar-refractivity contribution is -0.140. The SMILES string of the molecule is CC1(C)[C@H](C(=O)O)[C@@H]1C(=O)Nc1c(F)cc(F)cc1Br. The first-order valence-electron chi connectivity index (χ1n) is 5.84. The predicted octanol–water partition coefficient (Wildman–Crippen LogP) is 3.02. The van der Waals surface area contributed by atoms with E-state index < -0.39 is 40.8 Å². The van der Waals surface area contributed by atoms with Crippen molar-refractivity contribution in [1.29, 1.82) is 0 Å². The molecule has 0 aromatic heterocycles. The largest absolute Gasteiger partial charge is 0.481 e. The third-order valence-corrected chi connectivity index (χ3v) is 4.26. The van der Waals surface area contributed by atoms with Gasteiger partial charge >= 0.3 is 5.97 Å². The lowest BCUT2D eigenvalue weighted by atomic mass is 10.1. The standard InChI is InChI=1S/C13H12BrF2NO3/c1-13(2)8(9(13)12(19)20)11(18)17-10-6(14)3-5(15)4-7(10)16/h3-4,8-9H,1-2H3,(H,17,18)(H,19,20)/t8-,9+/m1/s1. The van der Waals surface area contributed by atoms with Crippen LogP contribution in [0.15, 0.2) is 16.6 Å². The Labute approximate surface area is 122 Å². The Morgan fingerprint density at radius 3 is 2.35 bits per heavy atom. The molecule has 2 atom stereocenters. The molecule has 0 heterocycles. The van der Waals surface area contributed by atoms with Crippen LogP contribution in [0.4, 0.5) is 14.5 Å². The fourth-order valence-electron chi connectivity index (χ4n) is 2.45. The summed E-state index contributed by atoms with van der Waals surface area (Å²) in [7, 11) is 0. The molecule has 1 aliphatic rings. The van der Waals surface area contributed by atoms with Crippen LogP contribution in [0.1, 0.15) is 13.8 Å². The van der Waals surface area contributed by atoms with Crippen LogP contribution in [0.2, 0.25) is 0 Å². The number of halogens is 3. The van der Waals surface area contributed by atoms with Crippen molar-refractivity contribution in [2.45, 2.75) is 13.8 Å². The highest BCUT2D eigenvalue weighted by Crippen LogP contribution is 2.58. The molecule has 0 aliphatic heterocycles. The molecule has 7 heteroatoms. The molecule has 0 radical (unpaired) electrons. The Hall–Kier alpha value is -1.50. The third kappa shape index (κ3) is 2.42.